The van der Waals surface area contributed by atoms with Gasteiger partial charge in [-0.05, 0) is 55.5 Å². The summed E-state index contributed by atoms with van der Waals surface area (Å²) in [5, 5.41) is 13.7. The van der Waals surface area contributed by atoms with Crippen LogP contribution in [-0.4, -0.2) is 52.9 Å². The van der Waals surface area contributed by atoms with Crippen molar-refractivity contribution in [3.8, 4) is 5.75 Å². The second kappa shape index (κ2) is 10.7. The van der Waals surface area contributed by atoms with Crippen molar-refractivity contribution in [2.24, 2.45) is 0 Å². The van der Waals surface area contributed by atoms with Gasteiger partial charge in [0, 0.05) is 23.0 Å². The number of thiocarbonyl (C=S) groups is 1. The number of rotatable bonds is 8. The lowest BCUT2D eigenvalue weighted by Crippen LogP contribution is -2.38. The molecule has 3 N–H and O–H groups in total. The van der Waals surface area contributed by atoms with Crippen LogP contribution in [0.2, 0.25) is 0 Å². The van der Waals surface area contributed by atoms with E-state index in [4.69, 9.17) is 21.7 Å². The fourth-order valence-electron chi connectivity index (χ4n) is 3.26. The van der Waals surface area contributed by atoms with E-state index in [1.807, 2.05) is 13.0 Å². The summed E-state index contributed by atoms with van der Waals surface area (Å²) in [6.45, 7) is 2.64. The Labute approximate surface area is 190 Å². The van der Waals surface area contributed by atoms with Crippen LogP contribution in [0.15, 0.2) is 53.3 Å². The Bertz CT molecular complexity index is 1180. The van der Waals surface area contributed by atoms with E-state index >= 15 is 0 Å². The first-order valence-electron chi connectivity index (χ1n) is 10.1. The maximum atomic E-state index is 12.6. The molecule has 32 heavy (non-hydrogen) atoms. The highest BCUT2D eigenvalue weighted by Crippen LogP contribution is 2.20. The van der Waals surface area contributed by atoms with E-state index in [1.165, 1.54) is 7.11 Å². The van der Waals surface area contributed by atoms with Crippen LogP contribution in [0.5, 0.6) is 5.75 Å². The van der Waals surface area contributed by atoms with Gasteiger partial charge in [-0.1, -0.05) is 12.1 Å². The Morgan fingerprint density at radius 3 is 2.72 bits per heavy atom. The third-order valence-electron chi connectivity index (χ3n) is 4.80. The number of aliphatic hydroxyl groups excluding tert-OH is 1. The number of ether oxygens (including phenoxy) is 2. The zero-order valence-electron chi connectivity index (χ0n) is 17.9. The molecule has 0 saturated carbocycles. The minimum absolute atomic E-state index is 0.164. The summed E-state index contributed by atoms with van der Waals surface area (Å²) >= 11 is 5.52. The van der Waals surface area contributed by atoms with Gasteiger partial charge in [0.05, 0.1) is 38.1 Å². The predicted octanol–water partition coefficient (Wildman–Crippen LogP) is 2.90. The van der Waals surface area contributed by atoms with Crippen molar-refractivity contribution < 1.29 is 19.4 Å². The summed E-state index contributed by atoms with van der Waals surface area (Å²) in [6, 6.07) is 14.0. The molecule has 0 bridgehead atoms. The number of hydrogen-bond acceptors (Lipinski definition) is 6. The monoisotopic (exact) mass is 455 g/mol. The van der Waals surface area contributed by atoms with Gasteiger partial charge in [0.2, 0.25) is 0 Å². The molecule has 0 atom stereocenters. The average molecular weight is 456 g/mol. The van der Waals surface area contributed by atoms with Gasteiger partial charge in [-0.2, -0.15) is 0 Å². The normalized spacial score (nSPS) is 10.6. The van der Waals surface area contributed by atoms with Crippen molar-refractivity contribution in [1.82, 2.24) is 9.88 Å². The number of methoxy groups -OCH3 is 1. The number of esters is 1. The van der Waals surface area contributed by atoms with Crippen LogP contribution in [0.25, 0.3) is 10.9 Å². The molecule has 0 aliphatic rings. The van der Waals surface area contributed by atoms with E-state index < -0.39 is 5.97 Å². The van der Waals surface area contributed by atoms with E-state index in [0.29, 0.717) is 34.7 Å². The molecule has 0 radical (unpaired) electrons. The fraction of sp³-hybridized carbons (Fsp3) is 0.261. The van der Waals surface area contributed by atoms with Crippen molar-refractivity contribution in [2.45, 2.75) is 13.5 Å². The summed E-state index contributed by atoms with van der Waals surface area (Å²) in [5.74, 6) is 0.211. The van der Waals surface area contributed by atoms with Gasteiger partial charge >= 0.3 is 5.97 Å². The maximum Gasteiger partial charge on any atom is 0.339 e. The van der Waals surface area contributed by atoms with Gasteiger partial charge in [0.25, 0.3) is 5.56 Å². The Balaban J connectivity index is 1.87. The topological polar surface area (TPSA) is 104 Å². The molecule has 3 aromatic rings. The maximum absolute atomic E-state index is 12.6. The highest BCUT2D eigenvalue weighted by atomic mass is 32.1. The van der Waals surface area contributed by atoms with Gasteiger partial charge in [0.15, 0.2) is 5.11 Å². The van der Waals surface area contributed by atoms with Crippen LogP contribution in [0, 0.1) is 0 Å². The lowest BCUT2D eigenvalue weighted by Gasteiger charge is -2.25. The molecule has 9 heteroatoms. The van der Waals surface area contributed by atoms with Crippen LogP contribution in [0.3, 0.4) is 0 Å². The van der Waals surface area contributed by atoms with Crippen molar-refractivity contribution in [1.29, 1.82) is 0 Å². The molecule has 1 heterocycles. The van der Waals surface area contributed by atoms with E-state index in [2.05, 4.69) is 10.3 Å². The number of aliphatic hydroxyl groups is 1. The Morgan fingerprint density at radius 2 is 2.00 bits per heavy atom. The SMILES string of the molecule is CCOc1ccc2[nH]c(=O)c(CN(CCO)C(=S)Nc3ccccc3C(=O)OC)cc2c1. The number of hydrogen-bond donors (Lipinski definition) is 3. The molecule has 0 fully saturated rings. The molecule has 0 amide bonds. The number of H-pyrrole nitrogens is 1. The minimum Gasteiger partial charge on any atom is -0.494 e. The molecule has 0 spiro atoms. The Hall–Kier alpha value is -3.43. The Kier molecular flexibility index (Phi) is 7.80. The second-order valence-electron chi connectivity index (χ2n) is 6.92. The van der Waals surface area contributed by atoms with Crippen LogP contribution in [0.1, 0.15) is 22.8 Å². The summed E-state index contributed by atoms with van der Waals surface area (Å²) in [7, 11) is 1.30. The minimum atomic E-state index is -0.499. The van der Waals surface area contributed by atoms with Crippen molar-refractivity contribution >= 4 is 39.9 Å². The molecule has 3 rings (SSSR count). The fourth-order valence-corrected chi connectivity index (χ4v) is 3.52. The van der Waals surface area contributed by atoms with Crippen LogP contribution >= 0.6 is 12.2 Å². The molecule has 1 aromatic heterocycles. The van der Waals surface area contributed by atoms with Crippen LogP contribution in [-0.2, 0) is 11.3 Å². The van der Waals surface area contributed by atoms with Gasteiger partial charge < -0.3 is 29.8 Å². The largest absolute Gasteiger partial charge is 0.494 e. The number of carbonyl (C=O) groups is 1. The average Bonchev–Trinajstić information content (AvgIpc) is 2.79. The third kappa shape index (κ3) is 5.43. The van der Waals surface area contributed by atoms with Crippen LogP contribution in [0.4, 0.5) is 5.69 Å². The first-order valence-corrected chi connectivity index (χ1v) is 10.5. The molecule has 0 saturated heterocycles. The number of nitrogens with one attached hydrogen (secondary N) is 2. The van der Waals surface area contributed by atoms with Gasteiger partial charge in [-0.25, -0.2) is 4.79 Å². The molecular formula is C23H25N3O5S. The smallest absolute Gasteiger partial charge is 0.339 e. The van der Waals surface area contributed by atoms with Crippen LogP contribution < -0.4 is 15.6 Å². The highest BCUT2D eigenvalue weighted by molar-refractivity contribution is 7.80. The van der Waals surface area contributed by atoms with Crippen molar-refractivity contribution in [3.05, 3.63) is 70.0 Å². The van der Waals surface area contributed by atoms with Gasteiger partial charge in [0.1, 0.15) is 5.75 Å². The molecule has 0 aliphatic heterocycles. The molecule has 2 aromatic carbocycles. The lowest BCUT2D eigenvalue weighted by atomic mass is 10.1. The first-order chi connectivity index (χ1) is 15.5. The number of aromatic nitrogens is 1. The summed E-state index contributed by atoms with van der Waals surface area (Å²) in [6.07, 6.45) is 0. The van der Waals surface area contributed by atoms with Gasteiger partial charge in [-0.15, -0.1) is 0 Å². The standard InChI is InChI=1S/C23H25N3O5S/c1-3-31-17-8-9-19-15(13-17)12-16(21(28)24-19)14-26(10-11-27)23(32)25-20-7-5-4-6-18(20)22(29)30-2/h4-9,12-13,27H,3,10-11,14H2,1-2H3,(H,24,28)(H,25,32). The van der Waals surface area contributed by atoms with E-state index in [9.17, 15) is 14.7 Å². The molecule has 8 nitrogen and oxygen atoms in total. The highest BCUT2D eigenvalue weighted by Gasteiger charge is 2.17. The zero-order chi connectivity index (χ0) is 23.1. The number of nitrogens with zero attached hydrogens (tertiary/aromatic N) is 1. The molecule has 0 unspecified atom stereocenters. The zero-order valence-corrected chi connectivity index (χ0v) is 18.7. The number of pyridine rings is 1. The van der Waals surface area contributed by atoms with Gasteiger partial charge in [-0.3, -0.25) is 4.79 Å². The number of fused-ring (bicyclic) bond motifs is 1. The molecule has 0 aliphatic carbocycles. The summed E-state index contributed by atoms with van der Waals surface area (Å²) in [4.78, 5) is 29.2. The molecule has 168 valence electrons. The first kappa shape index (κ1) is 23.2. The lowest BCUT2D eigenvalue weighted by molar-refractivity contribution is 0.0602. The van der Waals surface area contributed by atoms with E-state index in [-0.39, 0.29) is 30.4 Å². The van der Waals surface area contributed by atoms with Crippen molar-refractivity contribution in [3.63, 3.8) is 0 Å². The summed E-state index contributed by atoms with van der Waals surface area (Å²) in [5.41, 5.74) is 1.73. The summed E-state index contributed by atoms with van der Waals surface area (Å²) < 4.78 is 10.4. The number of carbonyl (C=O) groups excluding carboxylic acids is 1. The number of benzene rings is 2. The Morgan fingerprint density at radius 1 is 1.22 bits per heavy atom. The number of para-hydroxylation sites is 1. The number of aromatic amines is 1. The van der Waals surface area contributed by atoms with E-state index in [0.717, 1.165) is 5.39 Å². The molecular weight excluding hydrogens is 430 g/mol. The van der Waals surface area contributed by atoms with E-state index in [1.54, 1.807) is 47.4 Å². The predicted molar refractivity (Wildman–Crippen MR) is 127 cm³/mol. The van der Waals surface area contributed by atoms with Crippen molar-refractivity contribution in [2.75, 3.05) is 32.2 Å². The quantitative estimate of drug-likeness (QED) is 0.352. The second-order valence-corrected chi connectivity index (χ2v) is 7.30. The number of anilines is 1. The third-order valence-corrected chi connectivity index (χ3v) is 5.16.